The summed E-state index contributed by atoms with van der Waals surface area (Å²) in [5.74, 6) is 0.400. The third-order valence-electron chi connectivity index (χ3n) is 2.07. The van der Waals surface area contributed by atoms with Crippen LogP contribution in [-0.2, 0) is 4.79 Å². The maximum absolute atomic E-state index is 10.7. The molecule has 0 aliphatic rings. The highest BCUT2D eigenvalue weighted by Gasteiger charge is 1.97. The molecule has 0 fully saturated rings. The predicted molar refractivity (Wildman–Crippen MR) is 77.7 cm³/mol. The molecule has 0 radical (unpaired) electrons. The van der Waals surface area contributed by atoms with Crippen molar-refractivity contribution in [3.8, 4) is 5.75 Å². The molecule has 1 aromatic carbocycles. The van der Waals surface area contributed by atoms with Crippen LogP contribution in [0.5, 0.6) is 5.75 Å². The molecule has 0 aromatic heterocycles. The Morgan fingerprint density at radius 2 is 1.90 bits per heavy atom. The van der Waals surface area contributed by atoms with Gasteiger partial charge >= 0.3 is 0 Å². The second-order valence-corrected chi connectivity index (χ2v) is 3.83. The second kappa shape index (κ2) is 7.62. The van der Waals surface area contributed by atoms with Gasteiger partial charge in [0.05, 0.1) is 12.2 Å². The van der Waals surface area contributed by atoms with E-state index in [9.17, 15) is 4.79 Å². The molecule has 0 heterocycles. The van der Waals surface area contributed by atoms with E-state index in [-0.39, 0.29) is 17.8 Å². The highest BCUT2D eigenvalue weighted by atomic mass is 16.5. The molecule has 108 valence electrons. The van der Waals surface area contributed by atoms with E-state index in [0.29, 0.717) is 24.6 Å². The standard InChI is InChI=1S/C12H18N6O2/c1-8(19)16-6-7-20-10-4-2-9(3-5-10)17-12(15)18-11(13)14/h2-5H,6-7H2,1H3,(H,16,19)(H6,13,14,15,17,18). The van der Waals surface area contributed by atoms with Crippen LogP contribution in [0.2, 0.25) is 0 Å². The fourth-order valence-electron chi connectivity index (χ4n) is 1.30. The summed E-state index contributed by atoms with van der Waals surface area (Å²) < 4.78 is 5.42. The number of nitrogens with two attached hydrogens (primary N) is 3. The van der Waals surface area contributed by atoms with Crippen molar-refractivity contribution < 1.29 is 9.53 Å². The summed E-state index contributed by atoms with van der Waals surface area (Å²) in [6.45, 7) is 2.29. The van der Waals surface area contributed by atoms with E-state index < -0.39 is 0 Å². The van der Waals surface area contributed by atoms with Gasteiger partial charge in [0, 0.05) is 6.92 Å². The Balaban J connectivity index is 2.52. The maximum atomic E-state index is 10.7. The third-order valence-corrected chi connectivity index (χ3v) is 2.07. The minimum Gasteiger partial charge on any atom is -0.492 e. The molecule has 1 rings (SSSR count). The van der Waals surface area contributed by atoms with Crippen LogP contribution in [-0.4, -0.2) is 31.0 Å². The van der Waals surface area contributed by atoms with Crippen LogP contribution in [0.15, 0.2) is 34.3 Å². The van der Waals surface area contributed by atoms with E-state index in [1.54, 1.807) is 24.3 Å². The van der Waals surface area contributed by atoms with Crippen LogP contribution >= 0.6 is 0 Å². The minimum absolute atomic E-state index is 0.0238. The van der Waals surface area contributed by atoms with Gasteiger partial charge in [0.15, 0.2) is 5.96 Å². The first-order valence-electron chi connectivity index (χ1n) is 5.88. The van der Waals surface area contributed by atoms with E-state index in [0.717, 1.165) is 0 Å². The summed E-state index contributed by atoms with van der Waals surface area (Å²) in [5, 5.41) is 2.63. The maximum Gasteiger partial charge on any atom is 0.223 e. The molecule has 1 aromatic rings. The molecular weight excluding hydrogens is 260 g/mol. The lowest BCUT2D eigenvalue weighted by Gasteiger charge is -2.06. The van der Waals surface area contributed by atoms with Crippen LogP contribution in [0.25, 0.3) is 0 Å². The number of nitrogens with one attached hydrogen (secondary N) is 1. The van der Waals surface area contributed by atoms with E-state index in [1.165, 1.54) is 6.92 Å². The molecule has 0 bridgehead atoms. The van der Waals surface area contributed by atoms with Gasteiger partial charge in [-0.15, -0.1) is 0 Å². The van der Waals surface area contributed by atoms with E-state index in [4.69, 9.17) is 21.9 Å². The van der Waals surface area contributed by atoms with Gasteiger partial charge in [0.2, 0.25) is 11.9 Å². The largest absolute Gasteiger partial charge is 0.492 e. The number of carbonyl (C=O) groups is 1. The van der Waals surface area contributed by atoms with Crippen molar-refractivity contribution in [2.75, 3.05) is 13.2 Å². The highest BCUT2D eigenvalue weighted by Crippen LogP contribution is 2.17. The van der Waals surface area contributed by atoms with Crippen molar-refractivity contribution in [1.29, 1.82) is 0 Å². The van der Waals surface area contributed by atoms with Gasteiger partial charge in [-0.3, -0.25) is 4.79 Å². The fraction of sp³-hybridized carbons (Fsp3) is 0.250. The van der Waals surface area contributed by atoms with Crippen LogP contribution in [0, 0.1) is 0 Å². The number of aliphatic imine (C=N–C) groups is 2. The number of amides is 1. The Morgan fingerprint density at radius 1 is 1.25 bits per heavy atom. The molecule has 0 atom stereocenters. The van der Waals surface area contributed by atoms with Gasteiger partial charge in [0.25, 0.3) is 0 Å². The monoisotopic (exact) mass is 278 g/mol. The minimum atomic E-state index is -0.149. The molecule has 0 saturated heterocycles. The number of carbonyl (C=O) groups excluding carboxylic acids is 1. The molecule has 0 aliphatic heterocycles. The van der Waals surface area contributed by atoms with Crippen molar-refractivity contribution in [3.05, 3.63) is 24.3 Å². The summed E-state index contributed by atoms with van der Waals surface area (Å²) in [7, 11) is 0. The molecular formula is C12H18N6O2. The predicted octanol–water partition coefficient (Wildman–Crippen LogP) is -0.579. The average molecular weight is 278 g/mol. The Kier molecular flexibility index (Phi) is 5.82. The van der Waals surface area contributed by atoms with Crippen LogP contribution in [0.4, 0.5) is 5.69 Å². The molecule has 7 N–H and O–H groups in total. The first kappa shape index (κ1) is 15.3. The molecule has 8 heteroatoms. The van der Waals surface area contributed by atoms with Gasteiger partial charge in [0.1, 0.15) is 12.4 Å². The number of nitrogens with zero attached hydrogens (tertiary/aromatic N) is 2. The summed E-state index contributed by atoms with van der Waals surface area (Å²) in [4.78, 5) is 18.3. The van der Waals surface area contributed by atoms with Gasteiger partial charge < -0.3 is 27.3 Å². The number of hydrogen-bond acceptors (Lipinski definition) is 3. The number of ether oxygens (including phenoxy) is 1. The number of benzene rings is 1. The molecule has 1 amide bonds. The zero-order valence-corrected chi connectivity index (χ0v) is 11.2. The Morgan fingerprint density at radius 3 is 2.45 bits per heavy atom. The number of hydrogen-bond donors (Lipinski definition) is 4. The number of guanidine groups is 2. The summed E-state index contributed by atoms with van der Waals surface area (Å²) in [6, 6.07) is 6.89. The van der Waals surface area contributed by atoms with Crippen molar-refractivity contribution in [1.82, 2.24) is 5.32 Å². The second-order valence-electron chi connectivity index (χ2n) is 3.83. The van der Waals surface area contributed by atoms with Crippen molar-refractivity contribution >= 4 is 23.5 Å². The van der Waals surface area contributed by atoms with Crippen molar-refractivity contribution in [2.45, 2.75) is 6.92 Å². The zero-order valence-electron chi connectivity index (χ0n) is 11.2. The Hall–Kier alpha value is -2.77. The smallest absolute Gasteiger partial charge is 0.223 e. The van der Waals surface area contributed by atoms with Crippen LogP contribution < -0.4 is 27.3 Å². The summed E-state index contributed by atoms with van der Waals surface area (Å²) in [5.41, 5.74) is 16.5. The van der Waals surface area contributed by atoms with Crippen molar-refractivity contribution in [2.24, 2.45) is 27.2 Å². The third kappa shape index (κ3) is 6.24. The molecule has 0 spiro atoms. The zero-order chi connectivity index (χ0) is 15.0. The van der Waals surface area contributed by atoms with Crippen molar-refractivity contribution in [3.63, 3.8) is 0 Å². The number of rotatable bonds is 5. The van der Waals surface area contributed by atoms with Gasteiger partial charge in [-0.1, -0.05) is 0 Å². The lowest BCUT2D eigenvalue weighted by atomic mass is 10.3. The topological polar surface area (TPSA) is 141 Å². The van der Waals surface area contributed by atoms with E-state index in [1.807, 2.05) is 0 Å². The van der Waals surface area contributed by atoms with Gasteiger partial charge in [-0.2, -0.15) is 4.99 Å². The molecule has 0 unspecified atom stereocenters. The van der Waals surface area contributed by atoms with E-state index >= 15 is 0 Å². The van der Waals surface area contributed by atoms with Gasteiger partial charge in [-0.05, 0) is 24.3 Å². The van der Waals surface area contributed by atoms with E-state index in [2.05, 4.69) is 15.3 Å². The van der Waals surface area contributed by atoms with Gasteiger partial charge in [-0.25, -0.2) is 4.99 Å². The summed E-state index contributed by atoms with van der Waals surface area (Å²) in [6.07, 6.45) is 0. The highest BCUT2D eigenvalue weighted by molar-refractivity contribution is 5.93. The first-order valence-corrected chi connectivity index (χ1v) is 5.88. The summed E-state index contributed by atoms with van der Waals surface area (Å²) >= 11 is 0. The molecule has 20 heavy (non-hydrogen) atoms. The molecule has 0 saturated carbocycles. The van der Waals surface area contributed by atoms with Crippen LogP contribution in [0.1, 0.15) is 6.92 Å². The first-order chi connectivity index (χ1) is 9.47. The SMILES string of the molecule is CC(=O)NCCOc1ccc(N=C(N)N=C(N)N)cc1. The average Bonchev–Trinajstić information content (AvgIpc) is 2.35. The lowest BCUT2D eigenvalue weighted by Crippen LogP contribution is -2.26. The molecule has 0 aliphatic carbocycles. The van der Waals surface area contributed by atoms with Crippen LogP contribution in [0.3, 0.4) is 0 Å². The quantitative estimate of drug-likeness (QED) is 0.324. The Labute approximate surface area is 116 Å². The normalized spacial score (nSPS) is 10.8. The lowest BCUT2D eigenvalue weighted by molar-refractivity contribution is -0.119. The fourth-order valence-corrected chi connectivity index (χ4v) is 1.30. The molecule has 8 nitrogen and oxygen atoms in total. The Bertz CT molecular complexity index is 505.